The van der Waals surface area contributed by atoms with Crippen LogP contribution in [0.5, 0.6) is 0 Å². The van der Waals surface area contributed by atoms with Gasteiger partial charge in [-0.05, 0) is 24.0 Å². The van der Waals surface area contributed by atoms with Gasteiger partial charge in [0, 0.05) is 6.61 Å². The van der Waals surface area contributed by atoms with Gasteiger partial charge in [-0.3, -0.25) is 0 Å². The highest BCUT2D eigenvalue weighted by Gasteiger charge is 2.47. The molecule has 150 valence electrons. The van der Waals surface area contributed by atoms with Crippen LogP contribution in [0.3, 0.4) is 0 Å². The summed E-state index contributed by atoms with van der Waals surface area (Å²) in [5.41, 5.74) is 2.17. The van der Waals surface area contributed by atoms with E-state index < -0.39 is 12.2 Å². The van der Waals surface area contributed by atoms with E-state index in [4.69, 9.17) is 18.9 Å². The van der Waals surface area contributed by atoms with Crippen LogP contribution in [-0.4, -0.2) is 48.8 Å². The van der Waals surface area contributed by atoms with E-state index in [9.17, 15) is 5.11 Å². The average molecular weight is 384 g/mol. The van der Waals surface area contributed by atoms with Crippen LogP contribution in [0.1, 0.15) is 24.0 Å². The van der Waals surface area contributed by atoms with Crippen LogP contribution in [-0.2, 0) is 32.2 Å². The lowest BCUT2D eigenvalue weighted by molar-refractivity contribution is -0.269. The molecule has 1 N–H and O–H groups in total. The van der Waals surface area contributed by atoms with Crippen molar-refractivity contribution in [2.75, 3.05) is 13.2 Å². The Balaban J connectivity index is 1.40. The molecular weight excluding hydrogens is 356 g/mol. The predicted octanol–water partition coefficient (Wildman–Crippen LogP) is 3.10. The van der Waals surface area contributed by atoms with Crippen molar-refractivity contribution in [3.8, 4) is 0 Å². The highest BCUT2D eigenvalue weighted by atomic mass is 16.6. The van der Waals surface area contributed by atoms with Gasteiger partial charge in [0.05, 0.1) is 25.9 Å². The summed E-state index contributed by atoms with van der Waals surface area (Å²) >= 11 is 0. The third kappa shape index (κ3) is 4.80. The van der Waals surface area contributed by atoms with Crippen molar-refractivity contribution in [3.05, 3.63) is 71.8 Å². The lowest BCUT2D eigenvalue weighted by Crippen LogP contribution is -2.61. The van der Waals surface area contributed by atoms with Crippen LogP contribution in [0.25, 0.3) is 0 Å². The van der Waals surface area contributed by atoms with Gasteiger partial charge in [0.1, 0.15) is 24.4 Å². The molecule has 28 heavy (non-hydrogen) atoms. The van der Waals surface area contributed by atoms with Crippen LogP contribution in [0, 0.1) is 0 Å². The van der Waals surface area contributed by atoms with E-state index in [1.807, 2.05) is 60.7 Å². The van der Waals surface area contributed by atoms with Crippen LogP contribution in [0.2, 0.25) is 0 Å². The summed E-state index contributed by atoms with van der Waals surface area (Å²) in [5.74, 6) is 0. The highest BCUT2D eigenvalue weighted by Crippen LogP contribution is 2.31. The summed E-state index contributed by atoms with van der Waals surface area (Å²) in [7, 11) is 0. The Morgan fingerprint density at radius 2 is 1.61 bits per heavy atom. The van der Waals surface area contributed by atoms with Gasteiger partial charge in [-0.1, -0.05) is 60.7 Å². The Hall–Kier alpha value is -1.76. The van der Waals surface area contributed by atoms with Gasteiger partial charge in [0.25, 0.3) is 0 Å². The summed E-state index contributed by atoms with van der Waals surface area (Å²) in [4.78, 5) is 0. The normalized spacial score (nSPS) is 30.0. The highest BCUT2D eigenvalue weighted by molar-refractivity contribution is 5.14. The maximum atomic E-state index is 10.9. The van der Waals surface area contributed by atoms with E-state index in [0.29, 0.717) is 26.4 Å². The summed E-state index contributed by atoms with van der Waals surface area (Å²) in [6, 6.07) is 20.0. The van der Waals surface area contributed by atoms with Gasteiger partial charge in [-0.25, -0.2) is 0 Å². The molecule has 0 bridgehead atoms. The fourth-order valence-electron chi connectivity index (χ4n) is 3.92. The first-order valence-corrected chi connectivity index (χ1v) is 10.0. The number of hydrogen-bond donors (Lipinski definition) is 1. The van der Waals surface area contributed by atoms with Gasteiger partial charge < -0.3 is 24.1 Å². The van der Waals surface area contributed by atoms with Crippen LogP contribution >= 0.6 is 0 Å². The molecule has 0 unspecified atom stereocenters. The van der Waals surface area contributed by atoms with E-state index in [0.717, 1.165) is 24.0 Å². The van der Waals surface area contributed by atoms with Crippen LogP contribution < -0.4 is 0 Å². The Bertz CT molecular complexity index is 707. The second-order valence-corrected chi connectivity index (χ2v) is 7.44. The van der Waals surface area contributed by atoms with Crippen LogP contribution in [0.15, 0.2) is 60.7 Å². The molecule has 4 rings (SSSR count). The van der Waals surface area contributed by atoms with Crippen molar-refractivity contribution in [1.82, 2.24) is 0 Å². The molecule has 2 fully saturated rings. The fourth-order valence-corrected chi connectivity index (χ4v) is 3.92. The van der Waals surface area contributed by atoms with E-state index >= 15 is 0 Å². The van der Waals surface area contributed by atoms with Crippen molar-refractivity contribution < 1.29 is 24.1 Å². The van der Waals surface area contributed by atoms with Crippen molar-refractivity contribution in [3.63, 3.8) is 0 Å². The second-order valence-electron chi connectivity index (χ2n) is 7.44. The van der Waals surface area contributed by atoms with E-state index in [-0.39, 0.29) is 18.3 Å². The number of ether oxygens (including phenoxy) is 4. The SMILES string of the molecule is O[C@@H]1[C@@H]2OCCC[C@@H]2O[C@H](COCc2ccccc2)[C@H]1OCc1ccccc1. The van der Waals surface area contributed by atoms with Gasteiger partial charge in [0.2, 0.25) is 0 Å². The molecule has 5 nitrogen and oxygen atoms in total. The number of rotatable bonds is 7. The smallest absolute Gasteiger partial charge is 0.115 e. The summed E-state index contributed by atoms with van der Waals surface area (Å²) in [6.07, 6.45) is -0.150. The summed E-state index contributed by atoms with van der Waals surface area (Å²) in [5, 5.41) is 10.9. The fraction of sp³-hybridized carbons (Fsp3) is 0.478. The first kappa shape index (κ1) is 19.6. The Morgan fingerprint density at radius 1 is 0.929 bits per heavy atom. The molecule has 0 aliphatic carbocycles. The first-order chi connectivity index (χ1) is 13.8. The summed E-state index contributed by atoms with van der Waals surface area (Å²) < 4.78 is 24.1. The third-order valence-corrected chi connectivity index (χ3v) is 5.38. The zero-order valence-electron chi connectivity index (χ0n) is 16.0. The largest absolute Gasteiger partial charge is 0.387 e. The zero-order valence-corrected chi connectivity index (χ0v) is 16.0. The number of aliphatic hydroxyl groups is 1. The topological polar surface area (TPSA) is 57.2 Å². The molecule has 0 aromatic heterocycles. The molecule has 5 heteroatoms. The minimum absolute atomic E-state index is 0.106. The minimum atomic E-state index is -0.729. The molecule has 2 aliphatic rings. The summed E-state index contributed by atoms with van der Waals surface area (Å²) in [6.45, 7) is 1.95. The molecule has 0 saturated carbocycles. The van der Waals surface area contributed by atoms with Crippen molar-refractivity contribution in [2.45, 2.75) is 56.6 Å². The number of aliphatic hydroxyl groups excluding tert-OH is 1. The number of benzene rings is 2. The number of hydrogen-bond acceptors (Lipinski definition) is 5. The lowest BCUT2D eigenvalue weighted by atomic mass is 9.91. The van der Waals surface area contributed by atoms with Crippen molar-refractivity contribution >= 4 is 0 Å². The molecular formula is C23H28O5. The lowest BCUT2D eigenvalue weighted by Gasteiger charge is -2.46. The van der Waals surface area contributed by atoms with Gasteiger partial charge in [0.15, 0.2) is 0 Å². The van der Waals surface area contributed by atoms with Crippen molar-refractivity contribution in [1.29, 1.82) is 0 Å². The quantitative estimate of drug-likeness (QED) is 0.795. The maximum Gasteiger partial charge on any atom is 0.115 e. The van der Waals surface area contributed by atoms with E-state index in [2.05, 4.69) is 0 Å². The first-order valence-electron chi connectivity index (χ1n) is 10.0. The molecule has 2 aromatic carbocycles. The second kappa shape index (κ2) is 9.63. The third-order valence-electron chi connectivity index (χ3n) is 5.38. The predicted molar refractivity (Wildman–Crippen MR) is 105 cm³/mol. The molecule has 2 heterocycles. The van der Waals surface area contributed by atoms with Gasteiger partial charge in [-0.15, -0.1) is 0 Å². The molecule has 0 spiro atoms. The Kier molecular flexibility index (Phi) is 6.73. The molecule has 2 aliphatic heterocycles. The van der Waals surface area contributed by atoms with Crippen LogP contribution in [0.4, 0.5) is 0 Å². The molecule has 2 aromatic rings. The molecule has 2 saturated heterocycles. The minimum Gasteiger partial charge on any atom is -0.387 e. The standard InChI is InChI=1S/C23H28O5/c24-21-22-19(12-7-13-26-22)28-20(16-25-14-17-8-3-1-4-9-17)23(21)27-15-18-10-5-2-6-11-18/h1-6,8-11,19-24H,7,12-16H2/t19-,20+,21+,22+,23+/m0/s1. The van der Waals surface area contributed by atoms with Crippen molar-refractivity contribution in [2.24, 2.45) is 0 Å². The monoisotopic (exact) mass is 384 g/mol. The van der Waals surface area contributed by atoms with Gasteiger partial charge in [-0.2, -0.15) is 0 Å². The molecule has 0 radical (unpaired) electrons. The molecule has 0 amide bonds. The Morgan fingerprint density at radius 3 is 2.32 bits per heavy atom. The zero-order chi connectivity index (χ0) is 19.2. The van der Waals surface area contributed by atoms with E-state index in [1.165, 1.54) is 0 Å². The van der Waals surface area contributed by atoms with E-state index in [1.54, 1.807) is 0 Å². The maximum absolute atomic E-state index is 10.9. The molecule has 5 atom stereocenters. The van der Waals surface area contributed by atoms with Gasteiger partial charge >= 0.3 is 0 Å². The number of fused-ring (bicyclic) bond motifs is 1. The average Bonchev–Trinajstić information content (AvgIpc) is 2.75. The Labute approximate surface area is 166 Å².